The summed E-state index contributed by atoms with van der Waals surface area (Å²) in [4.78, 5) is 20.6. The Hall–Kier alpha value is -3.35. The Kier molecular flexibility index (Phi) is 3.81. The molecule has 7 nitrogen and oxygen atoms in total. The van der Waals surface area contributed by atoms with Crippen LogP contribution >= 0.6 is 0 Å². The normalized spacial score (nSPS) is 13.1. The minimum atomic E-state index is -0.0303. The fourth-order valence-corrected chi connectivity index (χ4v) is 2.90. The second-order valence-corrected chi connectivity index (χ2v) is 5.67. The van der Waals surface area contributed by atoms with Crippen molar-refractivity contribution in [3.05, 3.63) is 60.2 Å². The van der Waals surface area contributed by atoms with Crippen LogP contribution in [-0.4, -0.2) is 34.1 Å². The minimum absolute atomic E-state index is 0.0303. The molecule has 2 N–H and O–H groups in total. The third kappa shape index (κ3) is 2.91. The van der Waals surface area contributed by atoms with Gasteiger partial charge in [0.2, 0.25) is 5.95 Å². The molecule has 25 heavy (non-hydrogen) atoms. The van der Waals surface area contributed by atoms with Crippen LogP contribution in [0, 0.1) is 0 Å². The maximum Gasteiger partial charge on any atom is 0.253 e. The Morgan fingerprint density at radius 3 is 2.88 bits per heavy atom. The average molecular weight is 335 g/mol. The van der Waals surface area contributed by atoms with Crippen molar-refractivity contribution in [3.63, 3.8) is 0 Å². The molecule has 0 atom stereocenters. The molecule has 1 aliphatic rings. The molecule has 0 bridgehead atoms. The Bertz CT molecular complexity index is 917. The Morgan fingerprint density at radius 2 is 2.08 bits per heavy atom. The third-order valence-electron chi connectivity index (χ3n) is 4.13. The van der Waals surface area contributed by atoms with Gasteiger partial charge in [0.25, 0.3) is 5.91 Å². The zero-order valence-electron chi connectivity index (χ0n) is 13.7. The molecule has 0 saturated heterocycles. The van der Waals surface area contributed by atoms with Gasteiger partial charge in [0.1, 0.15) is 5.75 Å². The highest BCUT2D eigenvalue weighted by Crippen LogP contribution is 2.22. The van der Waals surface area contributed by atoms with Crippen molar-refractivity contribution in [1.82, 2.24) is 19.9 Å². The number of amides is 1. The molecule has 1 aliphatic heterocycles. The smallest absolute Gasteiger partial charge is 0.253 e. The lowest BCUT2D eigenvalue weighted by atomic mass is 10.1. The number of fused-ring (bicyclic) bond motifs is 1. The molecule has 1 amide bonds. The second-order valence-electron chi connectivity index (χ2n) is 5.67. The van der Waals surface area contributed by atoms with E-state index in [1.807, 2.05) is 41.1 Å². The number of carbonyl (C=O) groups excluding carboxylic acids is 1. The molecule has 0 unspecified atom stereocenters. The van der Waals surface area contributed by atoms with Crippen molar-refractivity contribution in [3.8, 4) is 11.4 Å². The van der Waals surface area contributed by atoms with E-state index in [4.69, 9.17) is 4.74 Å². The van der Waals surface area contributed by atoms with E-state index in [1.54, 1.807) is 19.5 Å². The van der Waals surface area contributed by atoms with E-state index in [2.05, 4.69) is 20.6 Å². The average Bonchev–Trinajstić information content (AvgIpc) is 3.08. The van der Waals surface area contributed by atoms with Gasteiger partial charge in [-0.3, -0.25) is 4.79 Å². The highest BCUT2D eigenvalue weighted by atomic mass is 16.5. The Morgan fingerprint density at radius 1 is 1.24 bits per heavy atom. The molecule has 3 heterocycles. The maximum atomic E-state index is 11.9. The SMILES string of the molecule is COc1cccc(Nc2ncc(-n3ccc4c3CCNC4=O)cn2)c1. The van der Waals surface area contributed by atoms with Gasteiger partial charge in [-0.25, -0.2) is 9.97 Å². The number of anilines is 2. The molecule has 0 radical (unpaired) electrons. The van der Waals surface area contributed by atoms with Gasteiger partial charge >= 0.3 is 0 Å². The highest BCUT2D eigenvalue weighted by molar-refractivity contribution is 5.96. The fraction of sp³-hybridized carbons (Fsp3) is 0.167. The lowest BCUT2D eigenvalue weighted by Crippen LogP contribution is -2.32. The van der Waals surface area contributed by atoms with Crippen LogP contribution in [0.5, 0.6) is 5.75 Å². The molecule has 0 spiro atoms. The lowest BCUT2D eigenvalue weighted by Gasteiger charge is -2.16. The number of benzene rings is 1. The van der Waals surface area contributed by atoms with Crippen LogP contribution in [0.15, 0.2) is 48.9 Å². The second kappa shape index (κ2) is 6.27. The first-order valence-electron chi connectivity index (χ1n) is 7.96. The molecule has 1 aromatic carbocycles. The summed E-state index contributed by atoms with van der Waals surface area (Å²) in [7, 11) is 1.63. The number of rotatable bonds is 4. The molecule has 4 rings (SSSR count). The van der Waals surface area contributed by atoms with Crippen LogP contribution in [0.3, 0.4) is 0 Å². The maximum absolute atomic E-state index is 11.9. The van der Waals surface area contributed by atoms with Gasteiger partial charge < -0.3 is 19.9 Å². The molecule has 0 aliphatic carbocycles. The zero-order valence-corrected chi connectivity index (χ0v) is 13.7. The topological polar surface area (TPSA) is 81.1 Å². The van der Waals surface area contributed by atoms with Crippen LogP contribution in [0.2, 0.25) is 0 Å². The van der Waals surface area contributed by atoms with Crippen molar-refractivity contribution < 1.29 is 9.53 Å². The van der Waals surface area contributed by atoms with E-state index in [0.29, 0.717) is 18.1 Å². The van der Waals surface area contributed by atoms with Crippen molar-refractivity contribution in [2.75, 3.05) is 19.0 Å². The Balaban J connectivity index is 1.57. The first-order valence-corrected chi connectivity index (χ1v) is 7.96. The number of hydrogen-bond acceptors (Lipinski definition) is 5. The lowest BCUT2D eigenvalue weighted by molar-refractivity contribution is 0.0945. The van der Waals surface area contributed by atoms with Crippen molar-refractivity contribution in [2.45, 2.75) is 6.42 Å². The molecule has 3 aromatic rings. The van der Waals surface area contributed by atoms with Crippen LogP contribution in [0.25, 0.3) is 5.69 Å². The summed E-state index contributed by atoms with van der Waals surface area (Å²) in [5, 5.41) is 5.99. The van der Waals surface area contributed by atoms with Gasteiger partial charge in [-0.15, -0.1) is 0 Å². The van der Waals surface area contributed by atoms with Gasteiger partial charge in [-0.2, -0.15) is 0 Å². The molecule has 7 heteroatoms. The van der Waals surface area contributed by atoms with Crippen LogP contribution in [0.4, 0.5) is 11.6 Å². The number of carbonyl (C=O) groups is 1. The van der Waals surface area contributed by atoms with Crippen LogP contribution in [-0.2, 0) is 6.42 Å². The number of nitrogens with one attached hydrogen (secondary N) is 2. The number of nitrogens with zero attached hydrogens (tertiary/aromatic N) is 3. The third-order valence-corrected chi connectivity index (χ3v) is 4.13. The predicted molar refractivity (Wildman–Crippen MR) is 93.7 cm³/mol. The van der Waals surface area contributed by atoms with E-state index in [9.17, 15) is 4.79 Å². The summed E-state index contributed by atoms with van der Waals surface area (Å²) in [5.74, 6) is 1.23. The van der Waals surface area contributed by atoms with Gasteiger partial charge in [0, 0.05) is 36.6 Å². The standard InChI is InChI=1S/C18H17N5O2/c1-25-14-4-2-3-12(9-14)22-18-20-10-13(11-21-18)23-8-6-15-16(23)5-7-19-17(15)24/h2-4,6,8-11H,5,7H2,1H3,(H,19,24)(H,20,21,22). The summed E-state index contributed by atoms with van der Waals surface area (Å²) in [6, 6.07) is 9.39. The van der Waals surface area contributed by atoms with Gasteiger partial charge in [0.15, 0.2) is 0 Å². The summed E-state index contributed by atoms with van der Waals surface area (Å²) in [6.07, 6.45) is 6.14. The first kappa shape index (κ1) is 15.2. The summed E-state index contributed by atoms with van der Waals surface area (Å²) in [6.45, 7) is 0.645. The molecular formula is C18H17N5O2. The van der Waals surface area contributed by atoms with Gasteiger partial charge in [-0.1, -0.05) is 6.07 Å². The fourth-order valence-electron chi connectivity index (χ4n) is 2.90. The summed E-state index contributed by atoms with van der Waals surface area (Å²) >= 11 is 0. The van der Waals surface area contributed by atoms with Gasteiger partial charge in [0.05, 0.1) is 30.8 Å². The van der Waals surface area contributed by atoms with E-state index in [1.165, 1.54) is 0 Å². The molecule has 126 valence electrons. The van der Waals surface area contributed by atoms with E-state index in [0.717, 1.165) is 29.2 Å². The van der Waals surface area contributed by atoms with Crippen LogP contribution in [0.1, 0.15) is 16.1 Å². The number of aromatic nitrogens is 3. The van der Waals surface area contributed by atoms with E-state index in [-0.39, 0.29) is 5.91 Å². The summed E-state index contributed by atoms with van der Waals surface area (Å²) < 4.78 is 7.17. The zero-order chi connectivity index (χ0) is 17.2. The Labute approximate surface area is 144 Å². The number of ether oxygens (including phenoxy) is 1. The van der Waals surface area contributed by atoms with Crippen molar-refractivity contribution >= 4 is 17.5 Å². The van der Waals surface area contributed by atoms with Gasteiger partial charge in [-0.05, 0) is 18.2 Å². The number of hydrogen-bond donors (Lipinski definition) is 2. The minimum Gasteiger partial charge on any atom is -0.497 e. The van der Waals surface area contributed by atoms with Crippen LogP contribution < -0.4 is 15.4 Å². The molecular weight excluding hydrogens is 318 g/mol. The number of methoxy groups -OCH3 is 1. The van der Waals surface area contributed by atoms with E-state index < -0.39 is 0 Å². The monoisotopic (exact) mass is 335 g/mol. The van der Waals surface area contributed by atoms with Crippen molar-refractivity contribution in [1.29, 1.82) is 0 Å². The molecule has 0 saturated carbocycles. The quantitative estimate of drug-likeness (QED) is 0.765. The summed E-state index contributed by atoms with van der Waals surface area (Å²) in [5.41, 5.74) is 3.37. The first-order chi connectivity index (χ1) is 12.2. The van der Waals surface area contributed by atoms with E-state index >= 15 is 0 Å². The molecule has 0 fully saturated rings. The van der Waals surface area contributed by atoms with Crippen molar-refractivity contribution in [2.24, 2.45) is 0 Å². The predicted octanol–water partition coefficient (Wildman–Crippen LogP) is 2.31. The highest BCUT2D eigenvalue weighted by Gasteiger charge is 2.20. The molecule has 2 aromatic heterocycles. The largest absolute Gasteiger partial charge is 0.497 e.